The van der Waals surface area contributed by atoms with Crippen LogP contribution in [-0.2, 0) is 6.54 Å². The van der Waals surface area contributed by atoms with Crippen LogP contribution in [0.4, 0.5) is 13.2 Å². The summed E-state index contributed by atoms with van der Waals surface area (Å²) in [5, 5.41) is 6.97. The van der Waals surface area contributed by atoms with Crippen molar-refractivity contribution < 1.29 is 18.0 Å². The Hall–Kier alpha value is -2.74. The highest BCUT2D eigenvalue weighted by Crippen LogP contribution is 2.36. The standard InChI is InChI=1S/C18H14F3N3OS/c19-18(20,21)26-16-8-6-14(7-9-16)17(25)22-10-13-11-23-24(12-13)15-4-2-1-3-5-15/h1-9,11-12H,10H2,(H,22,25). The maximum atomic E-state index is 12.3. The lowest BCUT2D eigenvalue weighted by Crippen LogP contribution is -2.22. The molecule has 0 saturated carbocycles. The monoisotopic (exact) mass is 377 g/mol. The molecule has 1 N–H and O–H groups in total. The van der Waals surface area contributed by atoms with Crippen LogP contribution >= 0.6 is 11.8 Å². The van der Waals surface area contributed by atoms with E-state index in [9.17, 15) is 18.0 Å². The molecule has 0 aliphatic carbocycles. The Morgan fingerprint density at radius 2 is 1.77 bits per heavy atom. The molecule has 0 saturated heterocycles. The number of hydrogen-bond acceptors (Lipinski definition) is 3. The van der Waals surface area contributed by atoms with Crippen LogP contribution in [0.15, 0.2) is 71.9 Å². The number of halogens is 3. The Balaban J connectivity index is 1.58. The van der Waals surface area contributed by atoms with Crippen molar-refractivity contribution in [2.75, 3.05) is 0 Å². The number of thioether (sulfide) groups is 1. The SMILES string of the molecule is O=C(NCc1cnn(-c2ccccc2)c1)c1ccc(SC(F)(F)F)cc1. The lowest BCUT2D eigenvalue weighted by atomic mass is 10.2. The lowest BCUT2D eigenvalue weighted by molar-refractivity contribution is -0.0328. The number of para-hydroxylation sites is 1. The summed E-state index contributed by atoms with van der Waals surface area (Å²) in [7, 11) is 0. The number of carbonyl (C=O) groups is 1. The van der Waals surface area contributed by atoms with Crippen molar-refractivity contribution in [3.63, 3.8) is 0 Å². The maximum absolute atomic E-state index is 12.3. The quantitative estimate of drug-likeness (QED) is 0.670. The lowest BCUT2D eigenvalue weighted by Gasteiger charge is -2.07. The van der Waals surface area contributed by atoms with Crippen LogP contribution in [0.25, 0.3) is 5.69 Å². The molecule has 0 aliphatic heterocycles. The van der Waals surface area contributed by atoms with Crippen molar-refractivity contribution in [3.8, 4) is 5.69 Å². The first kappa shape index (κ1) is 18.1. The van der Waals surface area contributed by atoms with Gasteiger partial charge in [-0.3, -0.25) is 4.79 Å². The Morgan fingerprint density at radius 1 is 1.08 bits per heavy atom. The Labute approximate surface area is 152 Å². The fourth-order valence-corrected chi connectivity index (χ4v) is 2.81. The van der Waals surface area contributed by atoms with E-state index in [1.165, 1.54) is 24.3 Å². The summed E-state index contributed by atoms with van der Waals surface area (Å²) in [6.45, 7) is 0.269. The predicted molar refractivity (Wildman–Crippen MR) is 93.1 cm³/mol. The van der Waals surface area contributed by atoms with Crippen LogP contribution in [0.2, 0.25) is 0 Å². The summed E-state index contributed by atoms with van der Waals surface area (Å²) in [6.07, 6.45) is 3.45. The van der Waals surface area contributed by atoms with Gasteiger partial charge in [0.25, 0.3) is 5.91 Å². The zero-order chi connectivity index (χ0) is 18.6. The second-order valence-corrected chi connectivity index (χ2v) is 6.52. The van der Waals surface area contributed by atoms with Gasteiger partial charge in [-0.25, -0.2) is 4.68 Å². The van der Waals surface area contributed by atoms with Gasteiger partial charge in [-0.05, 0) is 48.2 Å². The van der Waals surface area contributed by atoms with E-state index in [1.54, 1.807) is 17.1 Å². The number of nitrogens with zero attached hydrogens (tertiary/aromatic N) is 2. The molecule has 0 spiro atoms. The Kier molecular flexibility index (Phi) is 5.32. The zero-order valence-corrected chi connectivity index (χ0v) is 14.2. The minimum atomic E-state index is -4.34. The van der Waals surface area contributed by atoms with E-state index in [4.69, 9.17) is 0 Å². The van der Waals surface area contributed by atoms with Gasteiger partial charge in [0, 0.05) is 28.8 Å². The summed E-state index contributed by atoms with van der Waals surface area (Å²) in [4.78, 5) is 12.2. The van der Waals surface area contributed by atoms with Crippen LogP contribution < -0.4 is 5.32 Å². The molecule has 1 amide bonds. The number of hydrogen-bond donors (Lipinski definition) is 1. The highest BCUT2D eigenvalue weighted by molar-refractivity contribution is 8.00. The highest BCUT2D eigenvalue weighted by atomic mass is 32.2. The first-order chi connectivity index (χ1) is 12.4. The van der Waals surface area contributed by atoms with E-state index >= 15 is 0 Å². The van der Waals surface area contributed by atoms with Crippen LogP contribution in [0.1, 0.15) is 15.9 Å². The molecule has 0 fully saturated rings. The third-order valence-electron chi connectivity index (χ3n) is 3.46. The van der Waals surface area contributed by atoms with E-state index in [1.807, 2.05) is 30.3 Å². The van der Waals surface area contributed by atoms with Crippen molar-refractivity contribution in [1.82, 2.24) is 15.1 Å². The number of nitrogens with one attached hydrogen (secondary N) is 1. The fourth-order valence-electron chi connectivity index (χ4n) is 2.27. The molecule has 2 aromatic carbocycles. The number of carbonyl (C=O) groups excluding carboxylic acids is 1. The normalized spacial score (nSPS) is 11.3. The molecule has 0 aliphatic rings. The van der Waals surface area contributed by atoms with Gasteiger partial charge >= 0.3 is 5.51 Å². The number of alkyl halides is 3. The molecular weight excluding hydrogens is 363 g/mol. The van der Waals surface area contributed by atoms with Crippen molar-refractivity contribution in [2.24, 2.45) is 0 Å². The van der Waals surface area contributed by atoms with Crippen molar-refractivity contribution in [1.29, 1.82) is 0 Å². The molecule has 1 aromatic heterocycles. The predicted octanol–water partition coefficient (Wildman–Crippen LogP) is 4.41. The molecule has 3 aromatic rings. The van der Waals surface area contributed by atoms with Crippen LogP contribution in [-0.4, -0.2) is 21.2 Å². The van der Waals surface area contributed by atoms with Crippen molar-refractivity contribution in [3.05, 3.63) is 78.1 Å². The molecular formula is C18H14F3N3OS. The van der Waals surface area contributed by atoms with Crippen molar-refractivity contribution >= 4 is 17.7 Å². The summed E-state index contributed by atoms with van der Waals surface area (Å²) >= 11 is -0.211. The summed E-state index contributed by atoms with van der Waals surface area (Å²) in [6, 6.07) is 14.8. The first-order valence-corrected chi connectivity index (χ1v) is 8.45. The van der Waals surface area contributed by atoms with Gasteiger partial charge in [-0.15, -0.1) is 0 Å². The number of rotatable bonds is 5. The topological polar surface area (TPSA) is 46.9 Å². The molecule has 8 heteroatoms. The van der Waals surface area contributed by atoms with E-state index in [0.29, 0.717) is 5.56 Å². The van der Waals surface area contributed by atoms with Crippen LogP contribution in [0.3, 0.4) is 0 Å². The maximum Gasteiger partial charge on any atom is 0.446 e. The molecule has 0 unspecified atom stereocenters. The average Bonchev–Trinajstić information content (AvgIpc) is 3.09. The van der Waals surface area contributed by atoms with Gasteiger partial charge in [0.1, 0.15) is 0 Å². The van der Waals surface area contributed by atoms with Gasteiger partial charge < -0.3 is 5.32 Å². The van der Waals surface area contributed by atoms with E-state index in [0.717, 1.165) is 11.3 Å². The van der Waals surface area contributed by atoms with Crippen molar-refractivity contribution in [2.45, 2.75) is 16.9 Å². The minimum absolute atomic E-state index is 0.0400. The fraction of sp³-hybridized carbons (Fsp3) is 0.111. The van der Waals surface area contributed by atoms with E-state index in [2.05, 4.69) is 10.4 Å². The molecule has 0 bridgehead atoms. The second-order valence-electron chi connectivity index (χ2n) is 5.38. The largest absolute Gasteiger partial charge is 0.446 e. The smallest absolute Gasteiger partial charge is 0.348 e. The number of benzene rings is 2. The first-order valence-electron chi connectivity index (χ1n) is 7.64. The summed E-state index contributed by atoms with van der Waals surface area (Å²) in [5.74, 6) is -0.360. The molecule has 3 rings (SSSR count). The minimum Gasteiger partial charge on any atom is -0.348 e. The van der Waals surface area contributed by atoms with Gasteiger partial charge in [0.2, 0.25) is 0 Å². The molecule has 1 heterocycles. The van der Waals surface area contributed by atoms with Gasteiger partial charge in [-0.2, -0.15) is 18.3 Å². The molecule has 4 nitrogen and oxygen atoms in total. The molecule has 134 valence electrons. The summed E-state index contributed by atoms with van der Waals surface area (Å²) in [5.41, 5.74) is -2.33. The Morgan fingerprint density at radius 3 is 2.42 bits per heavy atom. The molecule has 0 atom stereocenters. The summed E-state index contributed by atoms with van der Waals surface area (Å²) < 4.78 is 38.6. The third kappa shape index (κ3) is 4.89. The van der Waals surface area contributed by atoms with Gasteiger partial charge in [-0.1, -0.05) is 18.2 Å². The Bertz CT molecular complexity index is 877. The molecule has 0 radical (unpaired) electrons. The zero-order valence-electron chi connectivity index (χ0n) is 13.4. The van der Waals surface area contributed by atoms with E-state index < -0.39 is 5.51 Å². The van der Waals surface area contributed by atoms with Gasteiger partial charge in [0.15, 0.2) is 0 Å². The third-order valence-corrected chi connectivity index (χ3v) is 4.20. The van der Waals surface area contributed by atoms with E-state index in [-0.39, 0.29) is 29.1 Å². The highest BCUT2D eigenvalue weighted by Gasteiger charge is 2.29. The van der Waals surface area contributed by atoms with Crippen LogP contribution in [0.5, 0.6) is 0 Å². The number of amides is 1. The van der Waals surface area contributed by atoms with Crippen LogP contribution in [0, 0.1) is 0 Å². The number of aromatic nitrogens is 2. The average molecular weight is 377 g/mol. The second kappa shape index (κ2) is 7.65. The van der Waals surface area contributed by atoms with Gasteiger partial charge in [0.05, 0.1) is 11.9 Å². The molecule has 26 heavy (non-hydrogen) atoms.